The third kappa shape index (κ3) is 3.58. The summed E-state index contributed by atoms with van der Waals surface area (Å²) >= 11 is 11.6. The first-order valence-corrected chi connectivity index (χ1v) is 5.70. The van der Waals surface area contributed by atoms with Gasteiger partial charge in [0.1, 0.15) is 0 Å². The summed E-state index contributed by atoms with van der Waals surface area (Å²) in [6.45, 7) is 0. The van der Waals surface area contributed by atoms with Gasteiger partial charge in [-0.3, -0.25) is 5.32 Å². The van der Waals surface area contributed by atoms with Crippen molar-refractivity contribution in [2.24, 2.45) is 0 Å². The summed E-state index contributed by atoms with van der Waals surface area (Å²) in [5.74, 6) is 0.211. The topological polar surface area (TPSA) is 66.9 Å². The van der Waals surface area contributed by atoms with Crippen molar-refractivity contribution in [3.63, 3.8) is 0 Å². The summed E-state index contributed by atoms with van der Waals surface area (Å²) in [5, 5.41) is 5.92. The van der Waals surface area contributed by atoms with Gasteiger partial charge >= 0.3 is 6.03 Å². The van der Waals surface area contributed by atoms with Gasteiger partial charge in [-0.1, -0.05) is 23.2 Å². The molecule has 0 bridgehead atoms. The summed E-state index contributed by atoms with van der Waals surface area (Å²) in [6.07, 6.45) is 3.05. The minimum atomic E-state index is -0.473. The zero-order valence-electron chi connectivity index (χ0n) is 9.02. The lowest BCUT2D eigenvalue weighted by atomic mass is 10.3. The fraction of sp³-hybridized carbons (Fsp3) is 0. The van der Waals surface area contributed by atoms with Crippen molar-refractivity contribution in [2.75, 3.05) is 10.6 Å². The van der Waals surface area contributed by atoms with Crippen LogP contribution in [0.5, 0.6) is 0 Å². The molecule has 0 saturated heterocycles. The molecule has 0 unspecified atom stereocenters. The van der Waals surface area contributed by atoms with E-state index in [-0.39, 0.29) is 5.95 Å². The molecule has 0 atom stereocenters. The van der Waals surface area contributed by atoms with Gasteiger partial charge in [-0.2, -0.15) is 0 Å². The Labute approximate surface area is 113 Å². The molecule has 1 heterocycles. The molecule has 92 valence electrons. The Morgan fingerprint density at radius 2 is 1.61 bits per heavy atom. The molecule has 2 aromatic rings. The Kier molecular flexibility index (Phi) is 3.96. The Balaban J connectivity index is 2.03. The molecule has 0 fully saturated rings. The average molecular weight is 283 g/mol. The Bertz CT molecular complexity index is 542. The van der Waals surface area contributed by atoms with E-state index in [4.69, 9.17) is 23.2 Å². The summed E-state index contributed by atoms with van der Waals surface area (Å²) < 4.78 is 0. The summed E-state index contributed by atoms with van der Waals surface area (Å²) in [4.78, 5) is 19.3. The molecule has 2 amide bonds. The van der Waals surface area contributed by atoms with E-state index in [0.717, 1.165) is 0 Å². The Morgan fingerprint density at radius 3 is 2.22 bits per heavy atom. The Morgan fingerprint density at radius 1 is 1.00 bits per heavy atom. The molecule has 5 nitrogen and oxygen atoms in total. The molecule has 0 saturated carbocycles. The zero-order chi connectivity index (χ0) is 13.0. The minimum Gasteiger partial charge on any atom is -0.308 e. The third-order valence-corrected chi connectivity index (χ3v) is 2.35. The molecule has 0 aliphatic rings. The summed E-state index contributed by atoms with van der Waals surface area (Å²) in [5.41, 5.74) is 0.487. The second kappa shape index (κ2) is 5.66. The normalized spacial score (nSPS) is 9.89. The van der Waals surface area contributed by atoms with E-state index in [2.05, 4.69) is 20.6 Å². The average Bonchev–Trinajstić information content (AvgIpc) is 2.28. The van der Waals surface area contributed by atoms with Crippen molar-refractivity contribution in [1.82, 2.24) is 9.97 Å². The standard InChI is InChI=1S/C11H8Cl2N4O/c12-7-4-8(13)6-9(5-7)16-11(18)17-10-14-2-1-3-15-10/h1-6H,(H2,14,15,16,17,18). The van der Waals surface area contributed by atoms with Gasteiger partial charge in [0, 0.05) is 28.1 Å². The summed E-state index contributed by atoms with van der Waals surface area (Å²) in [6, 6.07) is 5.92. The van der Waals surface area contributed by atoms with Crippen LogP contribution in [0.1, 0.15) is 0 Å². The number of rotatable bonds is 2. The molecular formula is C11H8Cl2N4O. The van der Waals surface area contributed by atoms with Crippen LogP contribution in [0.15, 0.2) is 36.7 Å². The van der Waals surface area contributed by atoms with Gasteiger partial charge < -0.3 is 5.32 Å². The maximum Gasteiger partial charge on any atom is 0.326 e. The fourth-order valence-electron chi connectivity index (χ4n) is 1.25. The zero-order valence-corrected chi connectivity index (χ0v) is 10.5. The highest BCUT2D eigenvalue weighted by Crippen LogP contribution is 2.22. The van der Waals surface area contributed by atoms with Crippen molar-refractivity contribution in [1.29, 1.82) is 0 Å². The van der Waals surface area contributed by atoms with Crippen LogP contribution in [0.25, 0.3) is 0 Å². The molecule has 0 aliphatic carbocycles. The number of urea groups is 1. The first-order valence-electron chi connectivity index (χ1n) is 4.94. The third-order valence-electron chi connectivity index (χ3n) is 1.91. The molecule has 0 aliphatic heterocycles. The number of nitrogens with zero attached hydrogens (tertiary/aromatic N) is 2. The lowest BCUT2D eigenvalue weighted by Crippen LogP contribution is -2.20. The van der Waals surface area contributed by atoms with Crippen LogP contribution >= 0.6 is 23.2 Å². The van der Waals surface area contributed by atoms with E-state index < -0.39 is 6.03 Å². The lowest BCUT2D eigenvalue weighted by molar-refractivity contribution is 0.262. The second-order valence-corrected chi connectivity index (χ2v) is 4.18. The highest BCUT2D eigenvalue weighted by Gasteiger charge is 2.05. The number of anilines is 2. The van der Waals surface area contributed by atoms with Crippen molar-refractivity contribution in [3.05, 3.63) is 46.7 Å². The van der Waals surface area contributed by atoms with Gasteiger partial charge in [-0.15, -0.1) is 0 Å². The molecular weight excluding hydrogens is 275 g/mol. The predicted octanol–water partition coefficient (Wildman–Crippen LogP) is 3.43. The molecule has 1 aromatic carbocycles. The quantitative estimate of drug-likeness (QED) is 0.887. The maximum atomic E-state index is 11.6. The number of halogens is 2. The number of aromatic nitrogens is 2. The van der Waals surface area contributed by atoms with Crippen molar-refractivity contribution >= 4 is 40.9 Å². The first-order chi connectivity index (χ1) is 8.63. The smallest absolute Gasteiger partial charge is 0.308 e. The molecule has 1 aromatic heterocycles. The highest BCUT2D eigenvalue weighted by molar-refractivity contribution is 6.35. The molecule has 7 heteroatoms. The molecule has 18 heavy (non-hydrogen) atoms. The molecule has 0 spiro atoms. The largest absolute Gasteiger partial charge is 0.326 e. The van der Waals surface area contributed by atoms with E-state index >= 15 is 0 Å². The van der Waals surface area contributed by atoms with Gasteiger partial charge in [-0.25, -0.2) is 14.8 Å². The van der Waals surface area contributed by atoms with Crippen LogP contribution in [-0.4, -0.2) is 16.0 Å². The van der Waals surface area contributed by atoms with E-state index in [1.54, 1.807) is 24.3 Å². The van der Waals surface area contributed by atoms with Gasteiger partial charge in [0.15, 0.2) is 0 Å². The minimum absolute atomic E-state index is 0.211. The highest BCUT2D eigenvalue weighted by atomic mass is 35.5. The van der Waals surface area contributed by atoms with Crippen LogP contribution in [0.2, 0.25) is 10.0 Å². The first kappa shape index (κ1) is 12.6. The predicted molar refractivity (Wildman–Crippen MR) is 71.1 cm³/mol. The SMILES string of the molecule is O=C(Nc1cc(Cl)cc(Cl)c1)Nc1ncccn1. The number of benzene rings is 1. The number of amides is 2. The van der Waals surface area contributed by atoms with E-state index in [1.807, 2.05) is 0 Å². The maximum absolute atomic E-state index is 11.6. The monoisotopic (exact) mass is 282 g/mol. The van der Waals surface area contributed by atoms with Crippen LogP contribution in [-0.2, 0) is 0 Å². The van der Waals surface area contributed by atoms with Gasteiger partial charge in [0.25, 0.3) is 0 Å². The summed E-state index contributed by atoms with van der Waals surface area (Å²) in [7, 11) is 0. The number of hydrogen-bond acceptors (Lipinski definition) is 3. The number of carbonyl (C=O) groups excluding carboxylic acids is 1. The van der Waals surface area contributed by atoms with E-state index in [0.29, 0.717) is 15.7 Å². The lowest BCUT2D eigenvalue weighted by Gasteiger charge is -2.06. The van der Waals surface area contributed by atoms with E-state index in [9.17, 15) is 4.79 Å². The van der Waals surface area contributed by atoms with Crippen LogP contribution in [0, 0.1) is 0 Å². The van der Waals surface area contributed by atoms with Gasteiger partial charge in [0.2, 0.25) is 5.95 Å². The molecule has 2 N–H and O–H groups in total. The fourth-order valence-corrected chi connectivity index (χ4v) is 1.78. The molecule has 2 rings (SSSR count). The number of carbonyl (C=O) groups is 1. The Hall–Kier alpha value is -1.85. The van der Waals surface area contributed by atoms with Gasteiger partial charge in [0.05, 0.1) is 0 Å². The van der Waals surface area contributed by atoms with Crippen LogP contribution in [0.3, 0.4) is 0 Å². The van der Waals surface area contributed by atoms with Crippen molar-refractivity contribution in [3.8, 4) is 0 Å². The number of nitrogens with one attached hydrogen (secondary N) is 2. The second-order valence-electron chi connectivity index (χ2n) is 3.31. The number of hydrogen-bond donors (Lipinski definition) is 2. The molecule has 0 radical (unpaired) electrons. The van der Waals surface area contributed by atoms with Crippen molar-refractivity contribution in [2.45, 2.75) is 0 Å². The van der Waals surface area contributed by atoms with E-state index in [1.165, 1.54) is 12.4 Å². The van der Waals surface area contributed by atoms with Crippen molar-refractivity contribution < 1.29 is 4.79 Å². The van der Waals surface area contributed by atoms with Crippen LogP contribution in [0.4, 0.5) is 16.4 Å². The van der Waals surface area contributed by atoms with Crippen LogP contribution < -0.4 is 10.6 Å². The van der Waals surface area contributed by atoms with Gasteiger partial charge in [-0.05, 0) is 24.3 Å².